The van der Waals surface area contributed by atoms with Crippen LogP contribution in [0.3, 0.4) is 0 Å². The van der Waals surface area contributed by atoms with Crippen LogP contribution in [0.4, 0.5) is 0 Å². The predicted molar refractivity (Wildman–Crippen MR) is 92.2 cm³/mol. The highest BCUT2D eigenvalue weighted by atomic mass is 79.9. The van der Waals surface area contributed by atoms with Crippen molar-refractivity contribution in [1.82, 2.24) is 5.32 Å². The first-order valence-electron chi connectivity index (χ1n) is 6.68. The van der Waals surface area contributed by atoms with Crippen LogP contribution >= 0.6 is 27.5 Å². The molecule has 0 aromatic heterocycles. The molecule has 0 aromatic carbocycles. The SMILES string of the molecule is COC(=O)C1=C/C(=C/NC2=C(C)C(Br)CC=C2)C(=N)C(Cl)=C1. The van der Waals surface area contributed by atoms with Crippen LogP contribution in [-0.4, -0.2) is 23.6 Å². The first kappa shape index (κ1) is 16.8. The van der Waals surface area contributed by atoms with Gasteiger partial charge in [0.25, 0.3) is 0 Å². The Labute approximate surface area is 142 Å². The molecule has 4 nitrogen and oxygen atoms in total. The molecule has 0 spiro atoms. The van der Waals surface area contributed by atoms with Gasteiger partial charge in [0.15, 0.2) is 0 Å². The molecule has 0 aromatic rings. The monoisotopic (exact) mass is 382 g/mol. The van der Waals surface area contributed by atoms with Crippen LogP contribution in [0.1, 0.15) is 13.3 Å². The van der Waals surface area contributed by atoms with Crippen LogP contribution in [0.15, 0.2) is 58.0 Å². The van der Waals surface area contributed by atoms with Gasteiger partial charge in [-0.3, -0.25) is 5.41 Å². The fourth-order valence-corrected chi connectivity index (χ4v) is 2.77. The normalized spacial score (nSPS) is 23.4. The van der Waals surface area contributed by atoms with Gasteiger partial charge in [-0.15, -0.1) is 0 Å². The maximum Gasteiger partial charge on any atom is 0.337 e. The Balaban J connectivity index is 2.27. The highest BCUT2D eigenvalue weighted by Gasteiger charge is 2.19. The number of carbonyl (C=O) groups is 1. The van der Waals surface area contributed by atoms with Gasteiger partial charge in [0.2, 0.25) is 0 Å². The molecule has 2 aliphatic carbocycles. The Hall–Kier alpha value is -1.59. The standard InChI is InChI=1S/C16H16BrClN2O2/c1-9-12(17)4-3-5-14(9)20-8-11-6-10(16(21)22-2)7-13(18)15(11)19/h3,5-8,12,19-20H,4H2,1-2H3/b11-8-,19-15?. The van der Waals surface area contributed by atoms with Crippen LogP contribution in [-0.2, 0) is 9.53 Å². The van der Waals surface area contributed by atoms with Crippen molar-refractivity contribution in [2.24, 2.45) is 0 Å². The second-order valence-electron chi connectivity index (χ2n) is 4.90. The lowest BCUT2D eigenvalue weighted by molar-refractivity contribution is -0.135. The Morgan fingerprint density at radius 1 is 1.55 bits per heavy atom. The summed E-state index contributed by atoms with van der Waals surface area (Å²) < 4.78 is 4.69. The molecule has 0 amide bonds. The zero-order valence-corrected chi connectivity index (χ0v) is 14.6. The molecule has 0 radical (unpaired) electrons. The summed E-state index contributed by atoms with van der Waals surface area (Å²) in [5.41, 5.74) is 3.15. The molecule has 1 atom stereocenters. The van der Waals surface area contributed by atoms with Crippen molar-refractivity contribution in [2.45, 2.75) is 18.2 Å². The molecule has 1 unspecified atom stereocenters. The summed E-state index contributed by atoms with van der Waals surface area (Å²) in [4.78, 5) is 11.9. The molecule has 0 aliphatic heterocycles. The summed E-state index contributed by atoms with van der Waals surface area (Å²) in [6.07, 6.45) is 9.72. The predicted octanol–water partition coefficient (Wildman–Crippen LogP) is 3.71. The molecule has 22 heavy (non-hydrogen) atoms. The van der Waals surface area contributed by atoms with Crippen molar-refractivity contribution < 1.29 is 9.53 Å². The number of hydrogen-bond acceptors (Lipinski definition) is 4. The van der Waals surface area contributed by atoms with Gasteiger partial charge < -0.3 is 10.1 Å². The van der Waals surface area contributed by atoms with E-state index in [-0.39, 0.29) is 10.7 Å². The lowest BCUT2D eigenvalue weighted by Crippen LogP contribution is -2.17. The summed E-state index contributed by atoms with van der Waals surface area (Å²) in [5, 5.41) is 11.4. The number of carbonyl (C=O) groups excluding carboxylic acids is 1. The number of rotatable bonds is 3. The van der Waals surface area contributed by atoms with Gasteiger partial charge in [0.05, 0.1) is 23.4 Å². The third-order valence-corrected chi connectivity index (χ3v) is 4.81. The first-order chi connectivity index (χ1) is 10.4. The van der Waals surface area contributed by atoms with E-state index in [1.165, 1.54) is 18.8 Å². The highest BCUT2D eigenvalue weighted by molar-refractivity contribution is 9.09. The van der Waals surface area contributed by atoms with Crippen LogP contribution in [0.5, 0.6) is 0 Å². The summed E-state index contributed by atoms with van der Waals surface area (Å²) in [6.45, 7) is 2.04. The van der Waals surface area contributed by atoms with E-state index in [1.807, 2.05) is 13.0 Å². The van der Waals surface area contributed by atoms with E-state index in [1.54, 1.807) is 12.3 Å². The second-order valence-corrected chi connectivity index (χ2v) is 6.42. The molecule has 2 rings (SSSR count). The van der Waals surface area contributed by atoms with E-state index in [2.05, 4.69) is 27.3 Å². The number of allylic oxidation sites excluding steroid dienone is 6. The number of ether oxygens (including phenoxy) is 1. The lowest BCUT2D eigenvalue weighted by Gasteiger charge is -2.18. The van der Waals surface area contributed by atoms with E-state index in [4.69, 9.17) is 21.7 Å². The maximum atomic E-state index is 11.6. The summed E-state index contributed by atoms with van der Waals surface area (Å²) in [5.74, 6) is -0.481. The molecule has 2 N–H and O–H groups in total. The molecule has 6 heteroatoms. The summed E-state index contributed by atoms with van der Waals surface area (Å²) in [7, 11) is 1.31. The van der Waals surface area contributed by atoms with E-state index in [0.717, 1.165) is 12.1 Å². The molecule has 0 saturated heterocycles. The number of nitrogens with one attached hydrogen (secondary N) is 2. The minimum absolute atomic E-state index is 0.162. The summed E-state index contributed by atoms with van der Waals surface area (Å²) in [6, 6.07) is 0. The third kappa shape index (κ3) is 3.59. The topological polar surface area (TPSA) is 62.2 Å². The van der Waals surface area contributed by atoms with Crippen molar-refractivity contribution in [3.63, 3.8) is 0 Å². The van der Waals surface area contributed by atoms with E-state index in [9.17, 15) is 4.79 Å². The van der Waals surface area contributed by atoms with Gasteiger partial charge in [-0.1, -0.05) is 33.6 Å². The van der Waals surface area contributed by atoms with Crippen molar-refractivity contribution in [3.8, 4) is 0 Å². The van der Waals surface area contributed by atoms with Gasteiger partial charge in [0, 0.05) is 22.3 Å². The average Bonchev–Trinajstić information content (AvgIpc) is 2.51. The number of methoxy groups -OCH3 is 1. The molecule has 116 valence electrons. The van der Waals surface area contributed by atoms with Gasteiger partial charge in [-0.25, -0.2) is 4.79 Å². The fraction of sp³-hybridized carbons (Fsp3) is 0.250. The second kappa shape index (κ2) is 7.11. The van der Waals surface area contributed by atoms with Gasteiger partial charge >= 0.3 is 5.97 Å². The highest BCUT2D eigenvalue weighted by Crippen LogP contribution is 2.25. The van der Waals surface area contributed by atoms with Crippen molar-refractivity contribution >= 4 is 39.2 Å². The zero-order chi connectivity index (χ0) is 16.3. The molecular weight excluding hydrogens is 368 g/mol. The minimum Gasteiger partial charge on any atom is -0.465 e. The van der Waals surface area contributed by atoms with E-state index >= 15 is 0 Å². The third-order valence-electron chi connectivity index (χ3n) is 3.45. The maximum absolute atomic E-state index is 11.6. The quantitative estimate of drug-likeness (QED) is 0.577. The van der Waals surface area contributed by atoms with E-state index < -0.39 is 5.97 Å². The number of halogens is 2. The Morgan fingerprint density at radius 2 is 2.27 bits per heavy atom. The molecule has 0 bridgehead atoms. The number of alkyl halides is 1. The van der Waals surface area contributed by atoms with Gasteiger partial charge in [-0.05, 0) is 37.1 Å². The summed E-state index contributed by atoms with van der Waals surface area (Å²) >= 11 is 9.62. The first-order valence-corrected chi connectivity index (χ1v) is 7.98. The molecular formula is C16H16BrClN2O2. The zero-order valence-electron chi connectivity index (χ0n) is 12.2. The van der Waals surface area contributed by atoms with Gasteiger partial charge in [-0.2, -0.15) is 0 Å². The van der Waals surface area contributed by atoms with Crippen molar-refractivity contribution in [1.29, 1.82) is 5.41 Å². The fourth-order valence-electron chi connectivity index (χ4n) is 2.08. The largest absolute Gasteiger partial charge is 0.465 e. The van der Waals surface area contributed by atoms with Gasteiger partial charge in [0.1, 0.15) is 0 Å². The molecule has 0 heterocycles. The van der Waals surface area contributed by atoms with Crippen LogP contribution in [0.25, 0.3) is 0 Å². The molecule has 0 saturated carbocycles. The number of hydrogen-bond donors (Lipinski definition) is 2. The smallest absolute Gasteiger partial charge is 0.337 e. The number of esters is 1. The Bertz CT molecular complexity index is 672. The lowest BCUT2D eigenvalue weighted by atomic mass is 10.00. The van der Waals surface area contributed by atoms with Crippen molar-refractivity contribution in [3.05, 3.63) is 58.0 Å². The van der Waals surface area contributed by atoms with Crippen LogP contribution < -0.4 is 5.32 Å². The Kier molecular flexibility index (Phi) is 5.42. The molecule has 2 aliphatic rings. The Morgan fingerprint density at radius 3 is 2.95 bits per heavy atom. The van der Waals surface area contributed by atoms with E-state index in [0.29, 0.717) is 16.0 Å². The molecule has 0 fully saturated rings. The van der Waals surface area contributed by atoms with Crippen LogP contribution in [0.2, 0.25) is 0 Å². The average molecular weight is 384 g/mol. The van der Waals surface area contributed by atoms with Crippen LogP contribution in [0, 0.1) is 5.41 Å². The van der Waals surface area contributed by atoms with Crippen molar-refractivity contribution in [2.75, 3.05) is 7.11 Å². The minimum atomic E-state index is -0.481.